The number of hydrogen-bond acceptors (Lipinski definition) is 8. The van der Waals surface area contributed by atoms with Crippen LogP contribution < -0.4 is 5.63 Å². The Bertz CT molecular complexity index is 1280. The molecule has 5 aliphatic rings. The zero-order valence-electron chi connectivity index (χ0n) is 25.7. The van der Waals surface area contributed by atoms with E-state index in [0.717, 1.165) is 69.8 Å². The number of esters is 2. The monoisotopic (exact) mass is 598 g/mol. The first-order valence-electron chi connectivity index (χ1n) is 16.3. The van der Waals surface area contributed by atoms with Gasteiger partial charge in [-0.15, -0.1) is 0 Å². The third-order valence-corrected chi connectivity index (χ3v) is 12.3. The second-order valence-corrected chi connectivity index (χ2v) is 14.4. The molecule has 9 heteroatoms. The largest absolute Gasteiger partial charge is 0.481 e. The van der Waals surface area contributed by atoms with Gasteiger partial charge in [0, 0.05) is 37.2 Å². The lowest BCUT2D eigenvalue weighted by atomic mass is 9.44. The highest BCUT2D eigenvalue weighted by Gasteiger charge is 2.84. The Morgan fingerprint density at radius 3 is 2.42 bits per heavy atom. The summed E-state index contributed by atoms with van der Waals surface area (Å²) in [4.78, 5) is 47.3. The van der Waals surface area contributed by atoms with Crippen LogP contribution in [0, 0.1) is 28.6 Å². The Kier molecular flexibility index (Phi) is 8.01. The molecule has 6 rings (SSSR count). The summed E-state index contributed by atoms with van der Waals surface area (Å²) >= 11 is 0. The van der Waals surface area contributed by atoms with Crippen molar-refractivity contribution in [3.8, 4) is 0 Å². The normalized spacial score (nSPS) is 40.8. The maximum atomic E-state index is 12.6. The predicted molar refractivity (Wildman–Crippen MR) is 155 cm³/mol. The number of carboxylic acid groups (broad SMARTS) is 1. The number of unbranched alkanes of at least 4 members (excludes halogenated alkanes) is 3. The molecule has 1 aromatic heterocycles. The quantitative estimate of drug-likeness (QED) is 0.202. The van der Waals surface area contributed by atoms with E-state index in [9.17, 15) is 19.2 Å². The third kappa shape index (κ3) is 5.13. The number of carbonyl (C=O) groups is 3. The lowest BCUT2D eigenvalue weighted by Crippen LogP contribution is -2.58. The van der Waals surface area contributed by atoms with Gasteiger partial charge in [-0.3, -0.25) is 14.4 Å². The maximum absolute atomic E-state index is 12.6. The van der Waals surface area contributed by atoms with Crippen LogP contribution in [0.25, 0.3) is 0 Å². The minimum Gasteiger partial charge on any atom is -0.481 e. The molecule has 10 atom stereocenters. The predicted octanol–water partition coefficient (Wildman–Crippen LogP) is 5.78. The van der Waals surface area contributed by atoms with Gasteiger partial charge in [-0.05, 0) is 92.6 Å². The lowest BCUT2D eigenvalue weighted by molar-refractivity contribution is -0.168. The van der Waals surface area contributed by atoms with Crippen LogP contribution in [0.2, 0.25) is 0 Å². The van der Waals surface area contributed by atoms with Crippen LogP contribution in [0.3, 0.4) is 0 Å². The number of aliphatic carboxylic acids is 1. The van der Waals surface area contributed by atoms with Crippen LogP contribution in [-0.2, 0) is 28.6 Å². The third-order valence-electron chi connectivity index (χ3n) is 12.3. The number of rotatable bonds is 10. The molecule has 0 bridgehead atoms. The van der Waals surface area contributed by atoms with Crippen molar-refractivity contribution in [3.63, 3.8) is 0 Å². The molecule has 1 N–H and O–H groups in total. The summed E-state index contributed by atoms with van der Waals surface area (Å²) in [5.41, 5.74) is 0.0266. The van der Waals surface area contributed by atoms with Crippen molar-refractivity contribution < 1.29 is 38.1 Å². The molecule has 0 amide bonds. The Morgan fingerprint density at radius 1 is 0.953 bits per heavy atom. The van der Waals surface area contributed by atoms with Crippen LogP contribution in [0.15, 0.2) is 27.6 Å². The highest BCUT2D eigenvalue weighted by atomic mass is 16.7. The first-order valence-corrected chi connectivity index (χ1v) is 16.3. The molecule has 4 saturated carbocycles. The summed E-state index contributed by atoms with van der Waals surface area (Å²) in [6.07, 6.45) is 11.5. The first kappa shape index (κ1) is 30.4. The minimum atomic E-state index is -0.772. The van der Waals surface area contributed by atoms with Gasteiger partial charge in [-0.25, -0.2) is 4.79 Å². The van der Waals surface area contributed by atoms with E-state index in [2.05, 4.69) is 13.8 Å². The number of fused-ring (bicyclic) bond motifs is 3. The van der Waals surface area contributed by atoms with Crippen molar-refractivity contribution in [3.05, 3.63) is 34.4 Å². The van der Waals surface area contributed by atoms with Gasteiger partial charge in [-0.2, -0.15) is 0 Å². The second-order valence-electron chi connectivity index (χ2n) is 14.4. The SMILES string of the molecule is CC(=O)O[C@H]1[C@H]2O[C@]23[C@H]2CC[C@@H]4C[C@H](OC(=O)CCCCCCC(=O)O)CC[C@@]4(C)[C@H]2CC[C@]3(C)[C@H]1c1ccc(=O)oc1. The number of ether oxygens (including phenoxy) is 3. The van der Waals surface area contributed by atoms with Crippen LogP contribution in [-0.4, -0.2) is 46.9 Å². The molecule has 1 spiro atoms. The smallest absolute Gasteiger partial charge is 0.335 e. The van der Waals surface area contributed by atoms with Gasteiger partial charge < -0.3 is 23.7 Å². The van der Waals surface area contributed by atoms with E-state index >= 15 is 0 Å². The van der Waals surface area contributed by atoms with Gasteiger partial charge >= 0.3 is 23.5 Å². The van der Waals surface area contributed by atoms with Crippen molar-refractivity contribution in [1.82, 2.24) is 0 Å². The zero-order valence-corrected chi connectivity index (χ0v) is 25.7. The molecule has 43 heavy (non-hydrogen) atoms. The Balaban J connectivity index is 1.12. The molecule has 2 heterocycles. The fourth-order valence-corrected chi connectivity index (χ4v) is 10.3. The van der Waals surface area contributed by atoms with E-state index in [1.54, 1.807) is 6.26 Å². The van der Waals surface area contributed by atoms with Gasteiger partial charge in [0.25, 0.3) is 0 Å². The zero-order chi connectivity index (χ0) is 30.6. The summed E-state index contributed by atoms with van der Waals surface area (Å²) in [5.74, 6) is 0.00291. The number of carboxylic acids is 1. The fourth-order valence-electron chi connectivity index (χ4n) is 10.3. The molecule has 236 valence electrons. The summed E-state index contributed by atoms with van der Waals surface area (Å²) in [7, 11) is 0. The second kappa shape index (κ2) is 11.4. The molecular formula is C34H46O9. The van der Waals surface area contributed by atoms with Crippen molar-refractivity contribution in [2.75, 3.05) is 0 Å². The Morgan fingerprint density at radius 2 is 1.72 bits per heavy atom. The maximum Gasteiger partial charge on any atom is 0.335 e. The minimum absolute atomic E-state index is 0.0389. The molecule has 0 radical (unpaired) electrons. The van der Waals surface area contributed by atoms with E-state index in [1.165, 1.54) is 13.0 Å². The molecule has 9 nitrogen and oxygen atoms in total. The van der Waals surface area contributed by atoms with Crippen LogP contribution in [0.5, 0.6) is 0 Å². The molecule has 4 aliphatic carbocycles. The van der Waals surface area contributed by atoms with Crippen molar-refractivity contribution >= 4 is 17.9 Å². The number of carbonyl (C=O) groups excluding carboxylic acids is 2. The molecule has 1 aliphatic heterocycles. The Labute approximate surface area is 253 Å². The van der Waals surface area contributed by atoms with Crippen LogP contribution >= 0.6 is 0 Å². The summed E-state index contributed by atoms with van der Waals surface area (Å²) in [6, 6.07) is 3.27. The van der Waals surface area contributed by atoms with Gasteiger partial charge in [0.05, 0.1) is 6.26 Å². The number of epoxide rings is 1. The van der Waals surface area contributed by atoms with Gasteiger partial charge in [0.15, 0.2) is 0 Å². The first-order chi connectivity index (χ1) is 20.5. The Hall–Kier alpha value is -2.68. The molecule has 0 unspecified atom stereocenters. The van der Waals surface area contributed by atoms with E-state index in [1.807, 2.05) is 6.07 Å². The molecule has 1 saturated heterocycles. The van der Waals surface area contributed by atoms with Gasteiger partial charge in [0.2, 0.25) is 0 Å². The molecular weight excluding hydrogens is 552 g/mol. The number of hydrogen-bond donors (Lipinski definition) is 1. The van der Waals surface area contributed by atoms with E-state index < -0.39 is 17.7 Å². The molecule has 5 fully saturated rings. The summed E-state index contributed by atoms with van der Waals surface area (Å²) in [6.45, 7) is 6.19. The topological polar surface area (TPSA) is 133 Å². The van der Waals surface area contributed by atoms with Crippen molar-refractivity contribution in [2.45, 2.75) is 134 Å². The van der Waals surface area contributed by atoms with Crippen molar-refractivity contribution in [1.29, 1.82) is 0 Å². The van der Waals surface area contributed by atoms with Gasteiger partial charge in [-0.1, -0.05) is 26.7 Å². The van der Waals surface area contributed by atoms with Crippen molar-refractivity contribution in [2.24, 2.45) is 28.6 Å². The average molecular weight is 599 g/mol. The highest BCUT2D eigenvalue weighted by Crippen LogP contribution is 2.78. The summed E-state index contributed by atoms with van der Waals surface area (Å²) in [5, 5.41) is 8.76. The highest BCUT2D eigenvalue weighted by molar-refractivity contribution is 5.69. The lowest BCUT2D eigenvalue weighted by Gasteiger charge is -2.61. The molecule has 0 aromatic carbocycles. The average Bonchev–Trinajstić information content (AvgIpc) is 3.66. The van der Waals surface area contributed by atoms with E-state index in [0.29, 0.717) is 30.6 Å². The van der Waals surface area contributed by atoms with Crippen LogP contribution in [0.1, 0.15) is 116 Å². The van der Waals surface area contributed by atoms with E-state index in [-0.39, 0.29) is 52.9 Å². The van der Waals surface area contributed by atoms with Gasteiger partial charge in [0.1, 0.15) is 23.9 Å². The fraction of sp³-hybridized carbons (Fsp3) is 0.765. The standard InChI is InChI=1S/C34H46O9/c1-20(35)41-30-29(21-10-13-27(38)40-19-21)33(3)17-15-24-25(34(33)31(30)43-34)12-11-22-18-23(14-16-32(22,24)2)42-28(39)9-7-5-4-6-8-26(36)37/h10,13,19,22-25,29-31H,4-9,11-12,14-18H2,1-3H3,(H,36,37)/t22-,23-,24+,25+,29+,30-,31-,32-,33-,34-/m1/s1. The summed E-state index contributed by atoms with van der Waals surface area (Å²) < 4.78 is 23.9. The van der Waals surface area contributed by atoms with E-state index in [4.69, 9.17) is 23.7 Å². The molecule has 1 aromatic rings. The van der Waals surface area contributed by atoms with Crippen LogP contribution in [0.4, 0.5) is 0 Å².